The Morgan fingerprint density at radius 1 is 0.421 bits per heavy atom. The van der Waals surface area contributed by atoms with E-state index in [-0.39, 0.29) is 12.0 Å². The van der Waals surface area contributed by atoms with E-state index in [9.17, 15) is 0 Å². The summed E-state index contributed by atoms with van der Waals surface area (Å²) in [5, 5.41) is 11.9. The second-order valence-electron chi connectivity index (χ2n) is 16.0. The van der Waals surface area contributed by atoms with Crippen molar-refractivity contribution < 1.29 is 0 Å². The molecule has 0 saturated heterocycles. The first-order chi connectivity index (χ1) is 28.2. The van der Waals surface area contributed by atoms with Crippen LogP contribution in [0.4, 0.5) is 0 Å². The van der Waals surface area contributed by atoms with Gasteiger partial charge in [0.1, 0.15) is 0 Å². The van der Waals surface area contributed by atoms with Crippen LogP contribution in [0.5, 0.6) is 0 Å². The fourth-order valence-electron chi connectivity index (χ4n) is 10.8. The smallest absolute Gasteiger partial charge is 0.0725 e. The van der Waals surface area contributed by atoms with Crippen LogP contribution in [-0.4, -0.2) is 0 Å². The summed E-state index contributed by atoms with van der Waals surface area (Å²) in [4.78, 5) is 0. The molecule has 3 atom stereocenters. The molecule has 1 nitrogen and oxygen atoms in total. The number of rotatable bonds is 3. The molecule has 57 heavy (non-hydrogen) atoms. The summed E-state index contributed by atoms with van der Waals surface area (Å²) < 4.78 is 0. The van der Waals surface area contributed by atoms with Crippen LogP contribution in [0, 0.1) is 0 Å². The fraction of sp³-hybridized carbons (Fsp3) is 0.0714. The Labute approximate surface area is 333 Å². The van der Waals surface area contributed by atoms with Gasteiger partial charge in [0.05, 0.1) is 11.5 Å². The molecule has 1 aliphatic heterocycles. The lowest BCUT2D eigenvalue weighted by Crippen LogP contribution is -2.26. The molecule has 12 rings (SSSR count). The van der Waals surface area contributed by atoms with E-state index >= 15 is 0 Å². The maximum atomic E-state index is 4.73. The van der Waals surface area contributed by atoms with E-state index in [2.05, 4.69) is 199 Å². The molecule has 0 fully saturated rings. The molecule has 3 unspecified atom stereocenters. The zero-order valence-electron chi connectivity index (χ0n) is 31.5. The van der Waals surface area contributed by atoms with Crippen LogP contribution >= 0.6 is 0 Å². The molecule has 3 aliphatic rings. The quantitative estimate of drug-likeness (QED) is 0.141. The van der Waals surface area contributed by atoms with Gasteiger partial charge in [0, 0.05) is 17.2 Å². The Balaban J connectivity index is 1.16. The normalized spacial score (nSPS) is 19.2. The van der Waals surface area contributed by atoms with Crippen molar-refractivity contribution in [2.75, 3.05) is 0 Å². The van der Waals surface area contributed by atoms with Crippen molar-refractivity contribution in [3.05, 3.63) is 245 Å². The summed E-state index contributed by atoms with van der Waals surface area (Å²) in [6.07, 6.45) is 3.29. The molecule has 1 heteroatoms. The second-order valence-corrected chi connectivity index (χ2v) is 16.0. The van der Waals surface area contributed by atoms with Crippen molar-refractivity contribution >= 4 is 38.0 Å². The van der Waals surface area contributed by atoms with Crippen molar-refractivity contribution in [3.8, 4) is 22.3 Å². The van der Waals surface area contributed by atoms with E-state index in [4.69, 9.17) is 6.58 Å². The molecule has 2 aliphatic carbocycles. The fourth-order valence-corrected chi connectivity index (χ4v) is 10.8. The van der Waals surface area contributed by atoms with E-state index in [1.54, 1.807) is 0 Å². The maximum absolute atomic E-state index is 4.73. The van der Waals surface area contributed by atoms with Gasteiger partial charge >= 0.3 is 0 Å². The van der Waals surface area contributed by atoms with Gasteiger partial charge in [-0.1, -0.05) is 188 Å². The molecule has 0 aromatic heterocycles. The molecule has 1 heterocycles. The number of hydrogen-bond donors (Lipinski definition) is 1. The van der Waals surface area contributed by atoms with Crippen LogP contribution in [-0.2, 0) is 5.41 Å². The van der Waals surface area contributed by atoms with Gasteiger partial charge < -0.3 is 5.32 Å². The third-order valence-corrected chi connectivity index (χ3v) is 13.2. The molecule has 1 N–H and O–H groups in total. The largest absolute Gasteiger partial charge is 0.378 e. The average Bonchev–Trinajstić information content (AvgIpc) is 3.66. The van der Waals surface area contributed by atoms with Gasteiger partial charge in [-0.15, -0.1) is 0 Å². The monoisotopic (exact) mass is 725 g/mol. The highest BCUT2D eigenvalue weighted by atomic mass is 14.9. The van der Waals surface area contributed by atoms with Crippen LogP contribution in [0.2, 0.25) is 0 Å². The SMILES string of the molecule is C=C1CC(c2ccccc2)NC(c2cccc3c2-c2ccccc2C32c3ccccc3-c3cc4c5ccccc5c5ccccc5c4cc32)=CC1c1ccccc1. The number of nitrogens with one attached hydrogen (secondary N) is 1. The molecule has 9 aromatic rings. The molecule has 0 bridgehead atoms. The minimum atomic E-state index is -0.485. The number of fused-ring (bicyclic) bond motifs is 16. The standard InChI is InChI=1S/C56H39N/c1-35-31-53(37-19-6-3-7-20-37)57-54(34-45(35)36-17-4-2-5-18-36)44-27-16-30-51-55(44)43-26-13-15-29-50(43)56(51)49-28-14-12-25-42(49)48-32-46-40-23-10-8-21-38(40)39-22-9-11-24-41(39)47(46)33-52(48)56/h2-30,32-34,45,53,57H,1,31H2. The highest BCUT2D eigenvalue weighted by Gasteiger charge is 2.52. The Morgan fingerprint density at radius 2 is 0.930 bits per heavy atom. The van der Waals surface area contributed by atoms with Gasteiger partial charge in [-0.05, 0) is 113 Å². The molecule has 1 spiro atoms. The third-order valence-electron chi connectivity index (χ3n) is 13.2. The van der Waals surface area contributed by atoms with E-state index in [0.29, 0.717) is 0 Å². The van der Waals surface area contributed by atoms with Crippen molar-refractivity contribution in [1.29, 1.82) is 0 Å². The van der Waals surface area contributed by atoms with Gasteiger partial charge in [-0.25, -0.2) is 0 Å². The van der Waals surface area contributed by atoms with Crippen molar-refractivity contribution in [1.82, 2.24) is 5.32 Å². The van der Waals surface area contributed by atoms with Gasteiger partial charge in [0.15, 0.2) is 0 Å². The number of hydrogen-bond acceptors (Lipinski definition) is 1. The minimum absolute atomic E-state index is 0.0753. The molecule has 268 valence electrons. The maximum Gasteiger partial charge on any atom is 0.0725 e. The van der Waals surface area contributed by atoms with E-state index in [1.165, 1.54) is 99.1 Å². The Bertz CT molecular complexity index is 3150. The molecular formula is C56H39N. The minimum Gasteiger partial charge on any atom is -0.378 e. The summed E-state index contributed by atoms with van der Waals surface area (Å²) in [7, 11) is 0. The summed E-state index contributed by atoms with van der Waals surface area (Å²) in [6.45, 7) is 4.73. The molecule has 0 amide bonds. The van der Waals surface area contributed by atoms with Gasteiger partial charge in [0.2, 0.25) is 0 Å². The Hall–Kier alpha value is -6.96. The van der Waals surface area contributed by atoms with Crippen LogP contribution in [0.25, 0.3) is 60.3 Å². The van der Waals surface area contributed by atoms with Crippen molar-refractivity contribution in [2.45, 2.75) is 23.8 Å². The molecular weight excluding hydrogens is 687 g/mol. The van der Waals surface area contributed by atoms with E-state index in [1.807, 2.05) is 0 Å². The molecule has 0 saturated carbocycles. The summed E-state index contributed by atoms with van der Waals surface area (Å²) >= 11 is 0. The van der Waals surface area contributed by atoms with E-state index in [0.717, 1.165) is 12.1 Å². The lowest BCUT2D eigenvalue weighted by atomic mass is 9.70. The van der Waals surface area contributed by atoms with Crippen molar-refractivity contribution in [2.24, 2.45) is 0 Å². The second kappa shape index (κ2) is 12.3. The molecule has 0 radical (unpaired) electrons. The predicted molar refractivity (Wildman–Crippen MR) is 238 cm³/mol. The number of benzene rings is 9. The van der Waals surface area contributed by atoms with Crippen LogP contribution in [0.15, 0.2) is 206 Å². The molecule has 9 aromatic carbocycles. The Morgan fingerprint density at radius 3 is 1.61 bits per heavy atom. The van der Waals surface area contributed by atoms with Crippen LogP contribution in [0.1, 0.15) is 57.3 Å². The first kappa shape index (κ1) is 32.3. The zero-order valence-corrected chi connectivity index (χ0v) is 31.5. The summed E-state index contributed by atoms with van der Waals surface area (Å²) in [5.41, 5.74) is 16.3. The number of allylic oxidation sites excluding steroid dienone is 1. The predicted octanol–water partition coefficient (Wildman–Crippen LogP) is 13.9. The van der Waals surface area contributed by atoms with Gasteiger partial charge in [-0.2, -0.15) is 0 Å². The van der Waals surface area contributed by atoms with Crippen LogP contribution < -0.4 is 5.32 Å². The van der Waals surface area contributed by atoms with Gasteiger partial charge in [-0.3, -0.25) is 0 Å². The first-order valence-corrected chi connectivity index (χ1v) is 20.2. The Kier molecular flexibility index (Phi) is 6.95. The highest BCUT2D eigenvalue weighted by Crippen LogP contribution is 2.64. The lowest BCUT2D eigenvalue weighted by Gasteiger charge is -2.31. The third kappa shape index (κ3) is 4.51. The lowest BCUT2D eigenvalue weighted by molar-refractivity contribution is 0.627. The first-order valence-electron chi connectivity index (χ1n) is 20.2. The topological polar surface area (TPSA) is 12.0 Å². The van der Waals surface area contributed by atoms with Crippen LogP contribution in [0.3, 0.4) is 0 Å². The zero-order chi connectivity index (χ0) is 37.7. The summed E-state index contributed by atoms with van der Waals surface area (Å²) in [5.74, 6) is 0.0753. The van der Waals surface area contributed by atoms with Crippen molar-refractivity contribution in [3.63, 3.8) is 0 Å². The highest BCUT2D eigenvalue weighted by molar-refractivity contribution is 6.26. The summed E-state index contributed by atoms with van der Waals surface area (Å²) in [6, 6.07) is 70.2. The van der Waals surface area contributed by atoms with Gasteiger partial charge in [0.25, 0.3) is 0 Å². The average molecular weight is 726 g/mol. The van der Waals surface area contributed by atoms with E-state index < -0.39 is 5.41 Å².